The number of thiazole rings is 1. The molecule has 10 nitrogen and oxygen atoms in total. The minimum Gasteiger partial charge on any atom is -0.347 e. The van der Waals surface area contributed by atoms with Gasteiger partial charge in [0.05, 0.1) is 27.8 Å². The fourth-order valence-electron chi connectivity index (χ4n) is 4.48. The first-order valence-electron chi connectivity index (χ1n) is 11.8. The van der Waals surface area contributed by atoms with Crippen LogP contribution in [-0.2, 0) is 16.6 Å². The summed E-state index contributed by atoms with van der Waals surface area (Å²) in [7, 11) is 5.23. The number of aryl methyl sites for hydroxylation is 1. The lowest BCUT2D eigenvalue weighted by molar-refractivity contribution is -0.141. The van der Waals surface area contributed by atoms with Gasteiger partial charge in [0.15, 0.2) is 5.13 Å². The van der Waals surface area contributed by atoms with Crippen LogP contribution in [0.4, 0.5) is 11.1 Å². The SMILES string of the molecule is CN(C)C(=O)[C@@H]1CCCN1C(=O)CNC(=O)c1ccc2c(c1)nc(Nc1nc3ccc(Cl)cc3s1)n2C. The van der Waals surface area contributed by atoms with Crippen molar-refractivity contribution < 1.29 is 14.4 Å². The molecule has 1 aliphatic rings. The molecule has 37 heavy (non-hydrogen) atoms. The van der Waals surface area contributed by atoms with E-state index in [0.29, 0.717) is 40.1 Å². The van der Waals surface area contributed by atoms with Crippen molar-refractivity contribution in [3.8, 4) is 0 Å². The molecule has 192 valence electrons. The third kappa shape index (κ3) is 4.96. The van der Waals surface area contributed by atoms with Crippen molar-refractivity contribution in [1.29, 1.82) is 0 Å². The van der Waals surface area contributed by atoms with Gasteiger partial charge in [-0.2, -0.15) is 0 Å². The second-order valence-electron chi connectivity index (χ2n) is 9.11. The number of benzene rings is 2. The van der Waals surface area contributed by atoms with Crippen LogP contribution in [0.5, 0.6) is 0 Å². The van der Waals surface area contributed by atoms with E-state index in [1.165, 1.54) is 16.2 Å². The van der Waals surface area contributed by atoms with E-state index in [2.05, 4.69) is 20.6 Å². The summed E-state index contributed by atoms with van der Waals surface area (Å²) in [5, 5.41) is 7.27. The van der Waals surface area contributed by atoms with Gasteiger partial charge in [-0.25, -0.2) is 9.97 Å². The van der Waals surface area contributed by atoms with Gasteiger partial charge in [-0.05, 0) is 49.2 Å². The van der Waals surface area contributed by atoms with Crippen molar-refractivity contribution in [2.24, 2.45) is 7.05 Å². The third-order valence-electron chi connectivity index (χ3n) is 6.41. The van der Waals surface area contributed by atoms with Crippen LogP contribution in [0.3, 0.4) is 0 Å². The molecule has 5 rings (SSSR count). The molecular weight excluding hydrogens is 514 g/mol. The van der Waals surface area contributed by atoms with Crippen LogP contribution in [-0.4, -0.2) is 75.3 Å². The predicted octanol–water partition coefficient (Wildman–Crippen LogP) is 3.39. The Hall–Kier alpha value is -3.70. The monoisotopic (exact) mass is 539 g/mol. The van der Waals surface area contributed by atoms with Gasteiger partial charge >= 0.3 is 0 Å². The van der Waals surface area contributed by atoms with Gasteiger partial charge in [0.2, 0.25) is 17.8 Å². The number of carbonyl (C=O) groups excluding carboxylic acids is 3. The zero-order valence-corrected chi connectivity index (χ0v) is 22.2. The zero-order valence-electron chi connectivity index (χ0n) is 20.6. The Morgan fingerprint density at radius 1 is 1.14 bits per heavy atom. The van der Waals surface area contributed by atoms with Crippen LogP contribution in [0.1, 0.15) is 23.2 Å². The molecule has 1 atom stereocenters. The average molecular weight is 540 g/mol. The quantitative estimate of drug-likeness (QED) is 0.388. The fourth-order valence-corrected chi connectivity index (χ4v) is 5.62. The molecule has 1 aliphatic heterocycles. The van der Waals surface area contributed by atoms with Crippen molar-refractivity contribution in [1.82, 2.24) is 29.7 Å². The van der Waals surface area contributed by atoms with Gasteiger partial charge in [0, 0.05) is 38.3 Å². The molecule has 1 saturated heterocycles. The van der Waals surface area contributed by atoms with Crippen molar-refractivity contribution in [2.75, 3.05) is 32.5 Å². The normalized spacial score (nSPS) is 15.4. The number of carbonyl (C=O) groups is 3. The third-order valence-corrected chi connectivity index (χ3v) is 7.58. The predicted molar refractivity (Wildman–Crippen MR) is 144 cm³/mol. The van der Waals surface area contributed by atoms with E-state index in [1.54, 1.807) is 37.2 Å². The number of anilines is 2. The van der Waals surface area contributed by atoms with Crippen molar-refractivity contribution in [3.63, 3.8) is 0 Å². The smallest absolute Gasteiger partial charge is 0.251 e. The first-order valence-corrected chi connectivity index (χ1v) is 13.0. The van der Waals surface area contributed by atoms with Gasteiger partial charge in [0.25, 0.3) is 5.91 Å². The summed E-state index contributed by atoms with van der Waals surface area (Å²) in [6, 6.07) is 10.3. The van der Waals surface area contributed by atoms with Crippen LogP contribution in [0.2, 0.25) is 5.02 Å². The number of fused-ring (bicyclic) bond motifs is 2. The van der Waals surface area contributed by atoms with E-state index in [9.17, 15) is 14.4 Å². The maximum absolute atomic E-state index is 12.8. The molecule has 0 saturated carbocycles. The molecule has 0 spiro atoms. The molecule has 0 radical (unpaired) electrons. The molecule has 3 heterocycles. The molecule has 2 N–H and O–H groups in total. The lowest BCUT2D eigenvalue weighted by atomic mass is 10.2. The van der Waals surface area contributed by atoms with Crippen molar-refractivity contribution in [2.45, 2.75) is 18.9 Å². The lowest BCUT2D eigenvalue weighted by Crippen LogP contribution is -2.48. The Bertz CT molecular complexity index is 1530. The minimum absolute atomic E-state index is 0.100. The first kappa shape index (κ1) is 25.0. The van der Waals surface area contributed by atoms with Gasteiger partial charge in [-0.1, -0.05) is 22.9 Å². The van der Waals surface area contributed by atoms with E-state index < -0.39 is 6.04 Å². The molecule has 0 aliphatic carbocycles. The molecule has 12 heteroatoms. The highest BCUT2D eigenvalue weighted by Crippen LogP contribution is 2.31. The number of nitrogens with one attached hydrogen (secondary N) is 2. The lowest BCUT2D eigenvalue weighted by Gasteiger charge is -2.26. The van der Waals surface area contributed by atoms with E-state index in [0.717, 1.165) is 22.2 Å². The number of rotatable bonds is 6. The number of hydrogen-bond donors (Lipinski definition) is 2. The average Bonchev–Trinajstić information content (AvgIpc) is 3.59. The Morgan fingerprint density at radius 3 is 2.73 bits per heavy atom. The summed E-state index contributed by atoms with van der Waals surface area (Å²) in [4.78, 5) is 50.2. The second-order valence-corrected chi connectivity index (χ2v) is 10.6. The van der Waals surface area contributed by atoms with E-state index in [4.69, 9.17) is 11.6 Å². The van der Waals surface area contributed by atoms with Crippen LogP contribution >= 0.6 is 22.9 Å². The fraction of sp³-hybridized carbons (Fsp3) is 0.320. The summed E-state index contributed by atoms with van der Waals surface area (Å²) in [6.45, 7) is 0.334. The summed E-state index contributed by atoms with van der Waals surface area (Å²) < 4.78 is 2.85. The largest absolute Gasteiger partial charge is 0.347 e. The summed E-state index contributed by atoms with van der Waals surface area (Å²) in [5.74, 6) is -0.169. The molecule has 2 aromatic carbocycles. The zero-order chi connectivity index (χ0) is 26.3. The topological polar surface area (TPSA) is 112 Å². The van der Waals surface area contributed by atoms with E-state index in [-0.39, 0.29) is 24.3 Å². The van der Waals surface area contributed by atoms with Crippen molar-refractivity contribution >= 4 is 73.0 Å². The highest BCUT2D eigenvalue weighted by Gasteiger charge is 2.34. The van der Waals surface area contributed by atoms with Crippen LogP contribution < -0.4 is 10.6 Å². The minimum atomic E-state index is -0.470. The van der Waals surface area contributed by atoms with Crippen LogP contribution in [0.15, 0.2) is 36.4 Å². The number of imidazole rings is 1. The molecule has 4 aromatic rings. The number of amides is 3. The van der Waals surface area contributed by atoms with Gasteiger partial charge in [0.1, 0.15) is 6.04 Å². The van der Waals surface area contributed by atoms with Gasteiger partial charge < -0.3 is 25.0 Å². The first-order chi connectivity index (χ1) is 17.7. The number of likely N-dealkylation sites (tertiary alicyclic amines) is 1. The Morgan fingerprint density at radius 2 is 1.95 bits per heavy atom. The molecule has 2 aromatic heterocycles. The molecule has 3 amide bonds. The van der Waals surface area contributed by atoms with Gasteiger partial charge in [-0.15, -0.1) is 0 Å². The maximum Gasteiger partial charge on any atom is 0.251 e. The van der Waals surface area contributed by atoms with Crippen molar-refractivity contribution in [3.05, 3.63) is 47.0 Å². The maximum atomic E-state index is 12.8. The number of aromatic nitrogens is 3. The highest BCUT2D eigenvalue weighted by atomic mass is 35.5. The van der Waals surface area contributed by atoms with Gasteiger partial charge in [-0.3, -0.25) is 14.4 Å². The number of nitrogens with zero attached hydrogens (tertiary/aromatic N) is 5. The molecular formula is C25H26ClN7O3S. The van der Waals surface area contributed by atoms with Crippen LogP contribution in [0.25, 0.3) is 21.3 Å². The Kier molecular flexibility index (Phi) is 6.74. The number of halogens is 1. The van der Waals surface area contributed by atoms with Crippen LogP contribution in [0, 0.1) is 0 Å². The highest BCUT2D eigenvalue weighted by molar-refractivity contribution is 7.22. The number of hydrogen-bond acceptors (Lipinski definition) is 7. The summed E-state index contributed by atoms with van der Waals surface area (Å²) >= 11 is 7.56. The molecule has 0 unspecified atom stereocenters. The standard InChI is InChI=1S/C25H26ClN7O3S/c1-31(2)23(36)19-5-4-10-33(19)21(34)13-27-22(35)14-6-9-18-17(11-14)28-24(32(18)3)30-25-29-16-8-7-15(26)12-20(16)37-25/h6-9,11-12,19H,4-5,10,13H2,1-3H3,(H,27,35)(H,28,29,30)/t19-/m0/s1. The summed E-state index contributed by atoms with van der Waals surface area (Å²) in [6.07, 6.45) is 1.40. The molecule has 0 bridgehead atoms. The second kappa shape index (κ2) is 9.98. The molecule has 1 fully saturated rings. The summed E-state index contributed by atoms with van der Waals surface area (Å²) in [5.41, 5.74) is 2.70. The van der Waals surface area contributed by atoms with E-state index in [1.807, 2.05) is 29.8 Å². The Balaban J connectivity index is 1.27. The Labute approximate surface area is 222 Å². The number of likely N-dealkylation sites (N-methyl/N-ethyl adjacent to an activating group) is 1. The van der Waals surface area contributed by atoms with E-state index >= 15 is 0 Å².